The molecule has 4 atom stereocenters. The molecule has 1 N–H and O–H groups in total. The Kier molecular flexibility index (Phi) is 13.4. The van der Waals surface area contributed by atoms with Crippen LogP contribution >= 0.6 is 0 Å². The van der Waals surface area contributed by atoms with E-state index in [1.807, 2.05) is 44.2 Å². The third-order valence-corrected chi connectivity index (χ3v) is 8.65. The summed E-state index contributed by atoms with van der Waals surface area (Å²) >= 11 is 0. The summed E-state index contributed by atoms with van der Waals surface area (Å²) in [5.41, 5.74) is 0.682. The number of unbranched alkanes of at least 4 members (excludes halogenated alkanes) is 9. The molecule has 0 spiro atoms. The van der Waals surface area contributed by atoms with Crippen molar-refractivity contribution in [1.82, 2.24) is 4.90 Å². The Bertz CT molecular complexity index is 909. The fraction of sp³-hybridized carbons (Fsp3) is 0.794. The van der Waals surface area contributed by atoms with Gasteiger partial charge in [0.2, 0.25) is 5.79 Å². The summed E-state index contributed by atoms with van der Waals surface area (Å²) in [6.45, 7) is 10.3. The maximum absolute atomic E-state index is 13.0. The van der Waals surface area contributed by atoms with Gasteiger partial charge in [-0.15, -0.1) is 0 Å². The summed E-state index contributed by atoms with van der Waals surface area (Å²) in [4.78, 5) is 15.5. The van der Waals surface area contributed by atoms with Gasteiger partial charge in [0.15, 0.2) is 18.0 Å². The smallest absolute Gasteiger partial charge is 0.412 e. The van der Waals surface area contributed by atoms with Gasteiger partial charge >= 0.3 is 6.09 Å². The van der Waals surface area contributed by atoms with E-state index in [0.717, 1.165) is 38.9 Å². The van der Waals surface area contributed by atoms with Gasteiger partial charge in [0.05, 0.1) is 0 Å². The average Bonchev–Trinajstić information content (AvgIpc) is 3.64. The zero-order chi connectivity index (χ0) is 29.7. The maximum atomic E-state index is 13.0. The zero-order valence-electron chi connectivity index (χ0n) is 26.5. The molecule has 3 aliphatic rings. The number of carbonyl (C=O) groups excluding carboxylic acids is 1. The van der Waals surface area contributed by atoms with Gasteiger partial charge in [-0.1, -0.05) is 82.9 Å². The Morgan fingerprint density at radius 3 is 2.29 bits per heavy atom. The first-order chi connectivity index (χ1) is 20.4. The number of nitrogens with one attached hydrogen (secondary N) is 1. The Hall–Kier alpha value is -1.71. The number of rotatable bonds is 19. The molecule has 3 heterocycles. The number of benzene rings is 1. The highest BCUT2D eigenvalue weighted by molar-refractivity contribution is 5.84. The van der Waals surface area contributed by atoms with Crippen molar-refractivity contribution in [2.24, 2.45) is 0 Å². The fourth-order valence-corrected chi connectivity index (χ4v) is 6.55. The fourth-order valence-electron chi connectivity index (χ4n) is 6.55. The number of carbonyl (C=O) groups is 1. The van der Waals surface area contributed by atoms with Crippen LogP contribution in [0.2, 0.25) is 0 Å². The van der Waals surface area contributed by atoms with Gasteiger partial charge in [-0.05, 0) is 77.7 Å². The lowest BCUT2D eigenvalue weighted by molar-refractivity contribution is -0.278. The molecule has 8 nitrogen and oxygen atoms in total. The lowest BCUT2D eigenvalue weighted by Gasteiger charge is -2.29. The van der Waals surface area contributed by atoms with Gasteiger partial charge < -0.3 is 28.6 Å². The molecule has 0 saturated carbocycles. The molecule has 3 saturated heterocycles. The lowest BCUT2D eigenvalue weighted by atomic mass is 10.0. The van der Waals surface area contributed by atoms with Crippen molar-refractivity contribution in [3.8, 4) is 0 Å². The molecule has 0 aliphatic carbocycles. The van der Waals surface area contributed by atoms with E-state index in [1.165, 1.54) is 70.6 Å². The Morgan fingerprint density at radius 1 is 0.929 bits per heavy atom. The lowest BCUT2D eigenvalue weighted by Crippen LogP contribution is -2.46. The van der Waals surface area contributed by atoms with Crippen molar-refractivity contribution < 1.29 is 28.5 Å². The molecule has 0 radical (unpaired) electrons. The first-order valence-electron chi connectivity index (χ1n) is 16.8. The van der Waals surface area contributed by atoms with Crippen molar-refractivity contribution in [3.05, 3.63) is 30.3 Å². The van der Waals surface area contributed by atoms with Crippen LogP contribution in [-0.2, 0) is 23.7 Å². The van der Waals surface area contributed by atoms with Crippen LogP contribution in [0, 0.1) is 0 Å². The van der Waals surface area contributed by atoms with Crippen molar-refractivity contribution >= 4 is 11.8 Å². The van der Waals surface area contributed by atoms with Crippen LogP contribution in [0.25, 0.3) is 0 Å². The van der Waals surface area contributed by atoms with Crippen molar-refractivity contribution in [2.75, 3.05) is 38.2 Å². The molecule has 3 fully saturated rings. The minimum Gasteiger partial charge on any atom is -0.440 e. The molecular weight excluding hydrogens is 532 g/mol. The second kappa shape index (κ2) is 17.0. The Balaban J connectivity index is 1.29. The van der Waals surface area contributed by atoms with Crippen LogP contribution in [0.1, 0.15) is 111 Å². The van der Waals surface area contributed by atoms with Crippen LogP contribution in [-0.4, -0.2) is 73.7 Å². The summed E-state index contributed by atoms with van der Waals surface area (Å²) in [6.07, 6.45) is 15.1. The van der Waals surface area contributed by atoms with E-state index in [9.17, 15) is 4.79 Å². The first kappa shape index (κ1) is 33.2. The number of hydrogen-bond donors (Lipinski definition) is 1. The number of hydrogen-bond acceptors (Lipinski definition) is 7. The predicted octanol–water partition coefficient (Wildman–Crippen LogP) is 7.66. The van der Waals surface area contributed by atoms with Gasteiger partial charge in [0, 0.05) is 12.3 Å². The number of anilines is 1. The average molecular weight is 589 g/mol. The standard InChI is InChI=1S/C34H56N2O6/c1-4-5-6-7-8-9-10-11-12-18-26-38-27-34-31(41-33(2,3)42-34)30(39-32(37)35-28-20-14-13-15-21-28)29(40-34)22-19-25-36-23-16-17-24-36/h13-15,20-21,29-31H,4-12,16-19,22-27H2,1-3H3,(H,35,37)/t29-,30+,31-,34-/m0/s1. The zero-order valence-corrected chi connectivity index (χ0v) is 26.5. The molecule has 0 bridgehead atoms. The summed E-state index contributed by atoms with van der Waals surface area (Å²) in [6, 6.07) is 9.34. The summed E-state index contributed by atoms with van der Waals surface area (Å²) in [5.74, 6) is -1.97. The molecule has 42 heavy (non-hydrogen) atoms. The van der Waals surface area contributed by atoms with Crippen LogP contribution in [0.3, 0.4) is 0 Å². The Morgan fingerprint density at radius 2 is 1.60 bits per heavy atom. The van der Waals surface area contributed by atoms with Crippen LogP contribution in [0.4, 0.5) is 10.5 Å². The van der Waals surface area contributed by atoms with Crippen molar-refractivity contribution in [3.63, 3.8) is 0 Å². The number of likely N-dealkylation sites (tertiary alicyclic amines) is 1. The van der Waals surface area contributed by atoms with E-state index in [1.54, 1.807) is 0 Å². The van der Waals surface area contributed by atoms with Crippen LogP contribution in [0.5, 0.6) is 0 Å². The second-order valence-corrected chi connectivity index (χ2v) is 12.8. The Labute approximate surface area is 254 Å². The number of fused-ring (bicyclic) bond motifs is 1. The number of nitrogens with zero attached hydrogens (tertiary/aromatic N) is 1. The SMILES string of the molecule is CCCCCCCCCCCCOC[C@@]12O[C@@H](CCCN3CCCC3)[C@@H](OC(=O)Nc3ccccc3)[C@@H]1OC(C)(C)O2. The summed E-state index contributed by atoms with van der Waals surface area (Å²) in [5, 5.41) is 2.84. The topological polar surface area (TPSA) is 78.5 Å². The molecule has 1 aromatic carbocycles. The predicted molar refractivity (Wildman–Crippen MR) is 166 cm³/mol. The molecule has 238 valence electrons. The quantitative estimate of drug-likeness (QED) is 0.166. The highest BCUT2D eigenvalue weighted by atomic mass is 16.9. The van der Waals surface area contributed by atoms with Gasteiger partial charge in [0.25, 0.3) is 0 Å². The van der Waals surface area contributed by atoms with Crippen molar-refractivity contribution in [1.29, 1.82) is 0 Å². The molecule has 4 rings (SSSR count). The molecule has 0 unspecified atom stereocenters. The summed E-state index contributed by atoms with van der Waals surface area (Å²) < 4.78 is 31.6. The third-order valence-electron chi connectivity index (χ3n) is 8.65. The maximum Gasteiger partial charge on any atom is 0.412 e. The van der Waals surface area contributed by atoms with Crippen LogP contribution < -0.4 is 5.32 Å². The summed E-state index contributed by atoms with van der Waals surface area (Å²) in [7, 11) is 0. The normalized spacial score (nSPS) is 26.9. The van der Waals surface area contributed by atoms with E-state index in [4.69, 9.17) is 23.7 Å². The van der Waals surface area contributed by atoms with Gasteiger partial charge in [0.1, 0.15) is 12.7 Å². The highest BCUT2D eigenvalue weighted by Crippen LogP contribution is 2.47. The third kappa shape index (κ3) is 10.2. The molecule has 8 heteroatoms. The first-order valence-corrected chi connectivity index (χ1v) is 16.8. The minimum absolute atomic E-state index is 0.251. The van der Waals surface area contributed by atoms with Crippen molar-refractivity contribution in [2.45, 2.75) is 141 Å². The number of para-hydroxylation sites is 1. The second-order valence-electron chi connectivity index (χ2n) is 12.8. The van der Waals surface area contributed by atoms with Gasteiger partial charge in [-0.25, -0.2) is 4.79 Å². The van der Waals surface area contributed by atoms with Gasteiger partial charge in [-0.3, -0.25) is 5.32 Å². The number of amides is 1. The van der Waals surface area contributed by atoms with Gasteiger partial charge in [-0.2, -0.15) is 0 Å². The van der Waals surface area contributed by atoms with Crippen LogP contribution in [0.15, 0.2) is 30.3 Å². The molecular formula is C34H56N2O6. The molecule has 1 amide bonds. The minimum atomic E-state index is -1.10. The largest absolute Gasteiger partial charge is 0.440 e. The monoisotopic (exact) mass is 588 g/mol. The molecule has 1 aromatic rings. The van der Waals surface area contributed by atoms with E-state index >= 15 is 0 Å². The van der Waals surface area contributed by atoms with E-state index in [0.29, 0.717) is 12.3 Å². The van der Waals surface area contributed by atoms with E-state index in [-0.39, 0.29) is 12.7 Å². The van der Waals surface area contributed by atoms with E-state index in [2.05, 4.69) is 17.1 Å². The number of ether oxygens (including phenoxy) is 5. The highest BCUT2D eigenvalue weighted by Gasteiger charge is 2.66. The molecule has 0 aromatic heterocycles. The molecule has 3 aliphatic heterocycles. The van der Waals surface area contributed by atoms with E-state index < -0.39 is 29.9 Å².